The second kappa shape index (κ2) is 3.57. The van der Waals surface area contributed by atoms with Gasteiger partial charge in [-0.05, 0) is 18.8 Å². The Hall–Kier alpha value is -0.950. The van der Waals surface area contributed by atoms with Gasteiger partial charge in [0.2, 0.25) is 5.89 Å². The number of nitrogens with two attached hydrogens (primary N) is 1. The number of hydrogen-bond acceptors (Lipinski definition) is 6. The lowest BCUT2D eigenvalue weighted by molar-refractivity contribution is 0.340. The third-order valence-corrected chi connectivity index (χ3v) is 3.07. The molecule has 15 heavy (non-hydrogen) atoms. The summed E-state index contributed by atoms with van der Waals surface area (Å²) in [6.07, 6.45) is 3.28. The Balaban J connectivity index is 2.09. The molecule has 7 heteroatoms. The van der Waals surface area contributed by atoms with E-state index in [0.29, 0.717) is 11.8 Å². The maximum atomic E-state index is 11.0. The van der Waals surface area contributed by atoms with Gasteiger partial charge < -0.3 is 10.3 Å². The highest BCUT2D eigenvalue weighted by Gasteiger charge is 2.33. The van der Waals surface area contributed by atoms with Crippen LogP contribution in [0.5, 0.6) is 0 Å². The van der Waals surface area contributed by atoms with Crippen molar-refractivity contribution in [3.05, 3.63) is 11.7 Å². The SMILES string of the molecule is CS(=O)(=O)Cc1noc(C(N)C2CC2)n1. The summed E-state index contributed by atoms with van der Waals surface area (Å²) < 4.78 is 26.9. The Morgan fingerprint density at radius 1 is 1.60 bits per heavy atom. The van der Waals surface area contributed by atoms with Crippen LogP contribution in [-0.4, -0.2) is 24.8 Å². The first-order valence-corrected chi connectivity index (χ1v) is 6.77. The molecule has 0 aliphatic heterocycles. The molecule has 1 fully saturated rings. The highest BCUT2D eigenvalue weighted by Crippen LogP contribution is 2.38. The standard InChI is InChI=1S/C8H13N3O3S/c1-15(12,13)4-6-10-8(14-11-6)7(9)5-2-3-5/h5,7H,2-4,9H2,1H3. The zero-order valence-electron chi connectivity index (χ0n) is 8.38. The Labute approximate surface area is 87.8 Å². The predicted octanol–water partition coefficient (Wildman–Crippen LogP) is 0.0240. The molecular formula is C8H13N3O3S. The topological polar surface area (TPSA) is 99.1 Å². The number of hydrogen-bond donors (Lipinski definition) is 1. The zero-order chi connectivity index (χ0) is 11.1. The summed E-state index contributed by atoms with van der Waals surface area (Å²) in [6.45, 7) is 0. The molecule has 1 aromatic heterocycles. The van der Waals surface area contributed by atoms with Crippen LogP contribution in [0.25, 0.3) is 0 Å². The van der Waals surface area contributed by atoms with E-state index in [2.05, 4.69) is 10.1 Å². The summed E-state index contributed by atoms with van der Waals surface area (Å²) in [5.41, 5.74) is 5.83. The van der Waals surface area contributed by atoms with Gasteiger partial charge in [0.15, 0.2) is 15.7 Å². The van der Waals surface area contributed by atoms with Gasteiger partial charge in [0.1, 0.15) is 5.75 Å². The van der Waals surface area contributed by atoms with Crippen LogP contribution < -0.4 is 5.73 Å². The van der Waals surface area contributed by atoms with Gasteiger partial charge in [-0.2, -0.15) is 4.98 Å². The van der Waals surface area contributed by atoms with Gasteiger partial charge in [0, 0.05) is 6.26 Å². The van der Waals surface area contributed by atoms with E-state index in [4.69, 9.17) is 10.3 Å². The van der Waals surface area contributed by atoms with E-state index >= 15 is 0 Å². The normalized spacial score (nSPS) is 19.1. The van der Waals surface area contributed by atoms with Crippen LogP contribution in [0, 0.1) is 5.92 Å². The van der Waals surface area contributed by atoms with Crippen molar-refractivity contribution in [3.63, 3.8) is 0 Å². The van der Waals surface area contributed by atoms with Crippen LogP contribution in [-0.2, 0) is 15.6 Å². The first-order chi connectivity index (χ1) is 6.96. The van der Waals surface area contributed by atoms with Gasteiger partial charge in [-0.3, -0.25) is 0 Å². The molecule has 0 amide bonds. The average molecular weight is 231 g/mol. The molecule has 84 valence electrons. The number of rotatable bonds is 4. The second-order valence-corrected chi connectivity index (χ2v) is 6.12. The fourth-order valence-corrected chi connectivity index (χ4v) is 1.94. The molecule has 1 aliphatic carbocycles. The van der Waals surface area contributed by atoms with Crippen molar-refractivity contribution in [2.75, 3.05) is 6.26 Å². The van der Waals surface area contributed by atoms with E-state index in [1.807, 2.05) is 0 Å². The quantitative estimate of drug-likeness (QED) is 0.784. The monoisotopic (exact) mass is 231 g/mol. The van der Waals surface area contributed by atoms with E-state index in [9.17, 15) is 8.42 Å². The van der Waals surface area contributed by atoms with Gasteiger partial charge >= 0.3 is 0 Å². The van der Waals surface area contributed by atoms with E-state index in [0.717, 1.165) is 19.1 Å². The summed E-state index contributed by atoms with van der Waals surface area (Å²) in [6, 6.07) is -0.245. The molecule has 1 saturated carbocycles. The third kappa shape index (κ3) is 2.75. The lowest BCUT2D eigenvalue weighted by Gasteiger charge is -2.01. The van der Waals surface area contributed by atoms with E-state index in [1.165, 1.54) is 0 Å². The van der Waals surface area contributed by atoms with E-state index < -0.39 is 9.84 Å². The molecule has 2 rings (SSSR count). The third-order valence-electron chi connectivity index (χ3n) is 2.29. The Kier molecular flexibility index (Phi) is 2.51. The van der Waals surface area contributed by atoms with Gasteiger partial charge in [-0.25, -0.2) is 8.42 Å². The Bertz CT molecular complexity index is 449. The molecule has 0 bridgehead atoms. The maximum Gasteiger partial charge on any atom is 0.243 e. The molecule has 1 heterocycles. The summed E-state index contributed by atoms with van der Waals surface area (Å²) in [7, 11) is -3.12. The van der Waals surface area contributed by atoms with Crippen molar-refractivity contribution >= 4 is 9.84 Å². The van der Waals surface area contributed by atoms with Gasteiger partial charge in [0.25, 0.3) is 0 Å². The molecule has 2 N–H and O–H groups in total. The van der Waals surface area contributed by atoms with Gasteiger partial charge in [-0.15, -0.1) is 0 Å². The van der Waals surface area contributed by atoms with Crippen LogP contribution in [0.15, 0.2) is 4.52 Å². The largest absolute Gasteiger partial charge is 0.338 e. The minimum Gasteiger partial charge on any atom is -0.338 e. The summed E-state index contributed by atoms with van der Waals surface area (Å²) in [4.78, 5) is 3.97. The van der Waals surface area contributed by atoms with E-state index in [1.54, 1.807) is 0 Å². The Morgan fingerprint density at radius 2 is 2.27 bits per heavy atom. The maximum absolute atomic E-state index is 11.0. The minimum atomic E-state index is -3.12. The number of sulfone groups is 1. The zero-order valence-corrected chi connectivity index (χ0v) is 9.20. The minimum absolute atomic E-state index is 0.184. The lowest BCUT2D eigenvalue weighted by Crippen LogP contribution is -2.13. The lowest BCUT2D eigenvalue weighted by atomic mass is 10.2. The van der Waals surface area contributed by atoms with Crippen LogP contribution in [0.2, 0.25) is 0 Å². The van der Waals surface area contributed by atoms with E-state index in [-0.39, 0.29) is 17.6 Å². The molecule has 1 atom stereocenters. The van der Waals surface area contributed by atoms with Crippen LogP contribution >= 0.6 is 0 Å². The van der Waals surface area contributed by atoms with Crippen LogP contribution in [0.1, 0.15) is 30.6 Å². The number of aromatic nitrogens is 2. The summed E-state index contributed by atoms with van der Waals surface area (Å²) in [5, 5.41) is 3.59. The molecule has 1 aromatic rings. The van der Waals surface area contributed by atoms with Crippen molar-refractivity contribution in [1.29, 1.82) is 0 Å². The summed E-state index contributed by atoms with van der Waals surface area (Å²) in [5.74, 6) is 0.740. The highest BCUT2D eigenvalue weighted by molar-refractivity contribution is 7.89. The van der Waals surface area contributed by atoms with Gasteiger partial charge in [0.05, 0.1) is 6.04 Å². The first-order valence-electron chi connectivity index (χ1n) is 4.71. The molecule has 0 spiro atoms. The van der Waals surface area contributed by atoms with Gasteiger partial charge in [-0.1, -0.05) is 5.16 Å². The smallest absolute Gasteiger partial charge is 0.243 e. The molecular weight excluding hydrogens is 218 g/mol. The molecule has 0 saturated heterocycles. The van der Waals surface area contributed by atoms with Crippen molar-refractivity contribution < 1.29 is 12.9 Å². The fourth-order valence-electron chi connectivity index (χ4n) is 1.35. The molecule has 0 radical (unpaired) electrons. The average Bonchev–Trinajstić information content (AvgIpc) is 2.85. The molecule has 6 nitrogen and oxygen atoms in total. The molecule has 1 aliphatic rings. The molecule has 0 aromatic carbocycles. The van der Waals surface area contributed by atoms with Crippen molar-refractivity contribution in [2.24, 2.45) is 11.7 Å². The highest BCUT2D eigenvalue weighted by atomic mass is 32.2. The van der Waals surface area contributed by atoms with Crippen LogP contribution in [0.3, 0.4) is 0 Å². The van der Waals surface area contributed by atoms with Crippen molar-refractivity contribution in [1.82, 2.24) is 10.1 Å². The second-order valence-electron chi connectivity index (χ2n) is 3.98. The van der Waals surface area contributed by atoms with Crippen molar-refractivity contribution in [3.8, 4) is 0 Å². The summed E-state index contributed by atoms with van der Waals surface area (Å²) >= 11 is 0. The number of nitrogens with zero attached hydrogens (tertiary/aromatic N) is 2. The van der Waals surface area contributed by atoms with Crippen LogP contribution in [0.4, 0.5) is 0 Å². The van der Waals surface area contributed by atoms with Crippen molar-refractivity contribution in [2.45, 2.75) is 24.6 Å². The molecule has 1 unspecified atom stereocenters. The fraction of sp³-hybridized carbons (Fsp3) is 0.750. The predicted molar refractivity (Wildman–Crippen MR) is 52.5 cm³/mol. The Morgan fingerprint density at radius 3 is 2.80 bits per heavy atom. The first kappa shape index (κ1) is 10.6.